The molecule has 0 aliphatic rings. The van der Waals surface area contributed by atoms with Crippen molar-refractivity contribution in [3.63, 3.8) is 0 Å². The first-order chi connectivity index (χ1) is 7.08. The van der Waals surface area contributed by atoms with Gasteiger partial charge < -0.3 is 5.32 Å². The Morgan fingerprint density at radius 1 is 1.33 bits per heavy atom. The van der Waals surface area contributed by atoms with Gasteiger partial charge in [-0.15, -0.1) is 11.3 Å². The van der Waals surface area contributed by atoms with E-state index < -0.39 is 0 Å². The largest absolute Gasteiger partial charge is 0.310 e. The first kappa shape index (κ1) is 12.7. The number of thiazole rings is 1. The average molecular weight is 226 g/mol. The molecule has 2 nitrogen and oxygen atoms in total. The summed E-state index contributed by atoms with van der Waals surface area (Å²) in [6.45, 7) is 9.81. The van der Waals surface area contributed by atoms with Crippen molar-refractivity contribution in [2.75, 3.05) is 0 Å². The highest BCUT2D eigenvalue weighted by atomic mass is 32.1. The van der Waals surface area contributed by atoms with E-state index >= 15 is 0 Å². The fourth-order valence-electron chi connectivity index (χ4n) is 1.26. The Morgan fingerprint density at radius 2 is 2.07 bits per heavy atom. The first-order valence-corrected chi connectivity index (χ1v) is 6.56. The van der Waals surface area contributed by atoms with E-state index in [9.17, 15) is 0 Å². The van der Waals surface area contributed by atoms with Crippen molar-refractivity contribution < 1.29 is 0 Å². The molecule has 0 saturated carbocycles. The SMILES string of the molecule is CC(C)CCc1ncc(CNC(C)C)s1. The van der Waals surface area contributed by atoms with Crippen molar-refractivity contribution in [3.8, 4) is 0 Å². The molecule has 3 heteroatoms. The van der Waals surface area contributed by atoms with Crippen molar-refractivity contribution in [1.82, 2.24) is 10.3 Å². The van der Waals surface area contributed by atoms with E-state index in [0.29, 0.717) is 6.04 Å². The van der Waals surface area contributed by atoms with E-state index in [4.69, 9.17) is 0 Å². The zero-order chi connectivity index (χ0) is 11.3. The van der Waals surface area contributed by atoms with Crippen LogP contribution in [0, 0.1) is 5.92 Å². The topological polar surface area (TPSA) is 24.9 Å². The van der Waals surface area contributed by atoms with Crippen molar-refractivity contribution in [3.05, 3.63) is 16.1 Å². The van der Waals surface area contributed by atoms with Crippen LogP contribution < -0.4 is 5.32 Å². The molecule has 1 aromatic heterocycles. The number of hydrogen-bond donors (Lipinski definition) is 1. The summed E-state index contributed by atoms with van der Waals surface area (Å²) in [5.41, 5.74) is 0. The third-order valence-electron chi connectivity index (χ3n) is 2.22. The quantitative estimate of drug-likeness (QED) is 0.805. The summed E-state index contributed by atoms with van der Waals surface area (Å²) in [5.74, 6) is 0.770. The lowest BCUT2D eigenvalue weighted by atomic mass is 10.1. The van der Waals surface area contributed by atoms with Gasteiger partial charge in [-0.1, -0.05) is 27.7 Å². The van der Waals surface area contributed by atoms with Gasteiger partial charge in [0.2, 0.25) is 0 Å². The molecule has 1 N–H and O–H groups in total. The van der Waals surface area contributed by atoms with Crippen LogP contribution in [0.4, 0.5) is 0 Å². The van der Waals surface area contributed by atoms with Crippen LogP contribution in [0.2, 0.25) is 0 Å². The summed E-state index contributed by atoms with van der Waals surface area (Å²) in [6, 6.07) is 0.547. The molecular weight excluding hydrogens is 204 g/mol. The maximum absolute atomic E-state index is 4.44. The minimum absolute atomic E-state index is 0.547. The van der Waals surface area contributed by atoms with E-state index in [1.165, 1.54) is 16.3 Å². The molecule has 0 amide bonds. The molecule has 0 aliphatic heterocycles. The molecule has 0 aromatic carbocycles. The van der Waals surface area contributed by atoms with Crippen molar-refractivity contribution in [2.45, 2.75) is 53.1 Å². The van der Waals surface area contributed by atoms with Gasteiger partial charge in [-0.3, -0.25) is 0 Å². The van der Waals surface area contributed by atoms with Gasteiger partial charge in [0.1, 0.15) is 0 Å². The van der Waals surface area contributed by atoms with Gasteiger partial charge >= 0.3 is 0 Å². The molecule has 0 fully saturated rings. The molecule has 1 rings (SSSR count). The molecule has 1 heterocycles. The van der Waals surface area contributed by atoms with Crippen LogP contribution >= 0.6 is 11.3 Å². The summed E-state index contributed by atoms with van der Waals surface area (Å²) in [7, 11) is 0. The van der Waals surface area contributed by atoms with Crippen molar-refractivity contribution in [1.29, 1.82) is 0 Å². The van der Waals surface area contributed by atoms with Gasteiger partial charge in [0.25, 0.3) is 0 Å². The average Bonchev–Trinajstić information content (AvgIpc) is 2.59. The normalized spacial score (nSPS) is 11.6. The predicted octanol–water partition coefficient (Wildman–Crippen LogP) is 3.23. The molecule has 86 valence electrons. The summed E-state index contributed by atoms with van der Waals surface area (Å²) >= 11 is 1.84. The van der Waals surface area contributed by atoms with E-state index in [-0.39, 0.29) is 0 Å². The van der Waals surface area contributed by atoms with Crippen molar-refractivity contribution >= 4 is 11.3 Å². The summed E-state index contributed by atoms with van der Waals surface area (Å²) in [6.07, 6.45) is 4.38. The van der Waals surface area contributed by atoms with Crippen LogP contribution in [-0.4, -0.2) is 11.0 Å². The van der Waals surface area contributed by atoms with E-state index in [0.717, 1.165) is 18.9 Å². The molecule has 0 spiro atoms. The Kier molecular flexibility index (Phi) is 5.26. The molecule has 0 saturated heterocycles. The van der Waals surface area contributed by atoms with Crippen LogP contribution in [0.1, 0.15) is 44.0 Å². The second-order valence-electron chi connectivity index (χ2n) is 4.69. The molecule has 0 bridgehead atoms. The summed E-state index contributed by atoms with van der Waals surface area (Å²) in [5, 5.41) is 4.69. The maximum Gasteiger partial charge on any atom is 0.0928 e. The molecule has 15 heavy (non-hydrogen) atoms. The number of nitrogens with one attached hydrogen (secondary N) is 1. The van der Waals surface area contributed by atoms with E-state index in [2.05, 4.69) is 38.0 Å². The second kappa shape index (κ2) is 6.23. The number of hydrogen-bond acceptors (Lipinski definition) is 3. The van der Waals surface area contributed by atoms with Crippen LogP contribution in [-0.2, 0) is 13.0 Å². The second-order valence-corrected chi connectivity index (χ2v) is 5.89. The summed E-state index contributed by atoms with van der Waals surface area (Å²) < 4.78 is 0. The number of rotatable bonds is 6. The van der Waals surface area contributed by atoms with Crippen LogP contribution in [0.25, 0.3) is 0 Å². The highest BCUT2D eigenvalue weighted by molar-refractivity contribution is 7.11. The number of aryl methyl sites for hydroxylation is 1. The minimum Gasteiger partial charge on any atom is -0.310 e. The predicted molar refractivity (Wildman–Crippen MR) is 67.2 cm³/mol. The van der Waals surface area contributed by atoms with E-state index in [1.54, 1.807) is 0 Å². The Balaban J connectivity index is 2.35. The fraction of sp³-hybridized carbons (Fsp3) is 0.750. The monoisotopic (exact) mass is 226 g/mol. The van der Waals surface area contributed by atoms with Gasteiger partial charge in [0.05, 0.1) is 5.01 Å². The van der Waals surface area contributed by atoms with E-state index in [1.807, 2.05) is 17.5 Å². The van der Waals surface area contributed by atoms with Gasteiger partial charge in [0.15, 0.2) is 0 Å². The lowest BCUT2D eigenvalue weighted by Crippen LogP contribution is -2.21. The third-order valence-corrected chi connectivity index (χ3v) is 3.28. The van der Waals surface area contributed by atoms with Crippen LogP contribution in [0.15, 0.2) is 6.20 Å². The Morgan fingerprint density at radius 3 is 2.67 bits per heavy atom. The number of aromatic nitrogens is 1. The van der Waals surface area contributed by atoms with Gasteiger partial charge in [0, 0.05) is 23.7 Å². The molecule has 0 radical (unpaired) electrons. The van der Waals surface area contributed by atoms with Crippen molar-refractivity contribution in [2.24, 2.45) is 5.92 Å². The number of nitrogens with zero attached hydrogens (tertiary/aromatic N) is 1. The Labute approximate surface area is 97.1 Å². The Hall–Kier alpha value is -0.410. The molecule has 0 aliphatic carbocycles. The molecular formula is C12H22N2S. The third kappa shape index (κ3) is 5.28. The molecule has 0 atom stereocenters. The van der Waals surface area contributed by atoms with Gasteiger partial charge in [-0.25, -0.2) is 4.98 Å². The Bertz CT molecular complexity index is 252. The van der Waals surface area contributed by atoms with Crippen LogP contribution in [0.3, 0.4) is 0 Å². The highest BCUT2D eigenvalue weighted by Gasteiger charge is 2.03. The molecule has 1 aromatic rings. The van der Waals surface area contributed by atoms with Gasteiger partial charge in [-0.05, 0) is 18.8 Å². The first-order valence-electron chi connectivity index (χ1n) is 5.75. The van der Waals surface area contributed by atoms with Crippen LogP contribution in [0.5, 0.6) is 0 Å². The maximum atomic E-state index is 4.44. The minimum atomic E-state index is 0.547. The smallest absolute Gasteiger partial charge is 0.0928 e. The summed E-state index contributed by atoms with van der Waals surface area (Å²) in [4.78, 5) is 5.79. The lowest BCUT2D eigenvalue weighted by Gasteiger charge is -2.04. The standard InChI is InChI=1S/C12H22N2S/c1-9(2)5-6-12-14-8-11(15-12)7-13-10(3)4/h8-10,13H,5-7H2,1-4H3. The highest BCUT2D eigenvalue weighted by Crippen LogP contribution is 2.16. The molecule has 0 unspecified atom stereocenters. The zero-order valence-corrected chi connectivity index (χ0v) is 11.0. The zero-order valence-electron chi connectivity index (χ0n) is 10.2. The lowest BCUT2D eigenvalue weighted by molar-refractivity contribution is 0.585. The fourth-order valence-corrected chi connectivity index (χ4v) is 2.15. The van der Waals surface area contributed by atoms with Gasteiger partial charge in [-0.2, -0.15) is 0 Å².